The van der Waals surface area contributed by atoms with Gasteiger partial charge in [-0.3, -0.25) is 5.32 Å². The zero-order chi connectivity index (χ0) is 22.3. The highest BCUT2D eigenvalue weighted by Crippen LogP contribution is 2.38. The summed E-state index contributed by atoms with van der Waals surface area (Å²) in [6.07, 6.45) is -2.01. The van der Waals surface area contributed by atoms with Crippen LogP contribution in [0, 0.1) is 11.6 Å². The fraction of sp³-hybridized carbons (Fsp3) is 0.350. The number of β-amino-alcohol motifs (C(OH)–C–C–N with tert-alkyl or cyclic N) is 1. The summed E-state index contributed by atoms with van der Waals surface area (Å²) in [4.78, 5) is 12.7. The van der Waals surface area contributed by atoms with Gasteiger partial charge in [0.1, 0.15) is 36.4 Å². The van der Waals surface area contributed by atoms with Crippen LogP contribution in [-0.4, -0.2) is 47.7 Å². The van der Waals surface area contributed by atoms with E-state index in [0.717, 1.165) is 12.1 Å². The van der Waals surface area contributed by atoms with E-state index in [-0.39, 0.29) is 43.4 Å². The molecular formula is C20H18Cl2F2N2O5. The molecule has 3 N–H and O–H groups in total. The van der Waals surface area contributed by atoms with Gasteiger partial charge in [0.05, 0.1) is 16.3 Å². The average Bonchev–Trinajstić information content (AvgIpc) is 2.70. The first-order valence-electron chi connectivity index (χ1n) is 9.36. The molecule has 166 valence electrons. The molecule has 2 atom stereocenters. The molecule has 1 fully saturated rings. The third-order valence-corrected chi connectivity index (χ3v) is 5.93. The van der Waals surface area contributed by atoms with E-state index in [1.54, 1.807) is 6.07 Å². The Morgan fingerprint density at radius 3 is 2.68 bits per heavy atom. The van der Waals surface area contributed by atoms with Gasteiger partial charge in [0, 0.05) is 18.1 Å². The van der Waals surface area contributed by atoms with Crippen LogP contribution in [0.4, 0.5) is 25.0 Å². The number of fused-ring (bicyclic) bond motifs is 1. The maximum absolute atomic E-state index is 14.2. The van der Waals surface area contributed by atoms with Gasteiger partial charge in [-0.05, 0) is 30.7 Å². The minimum absolute atomic E-state index is 0.0152. The van der Waals surface area contributed by atoms with Crippen molar-refractivity contribution in [3.63, 3.8) is 0 Å². The number of carbonyl (C=O) groups is 1. The number of aliphatic hydroxyl groups is 2. The summed E-state index contributed by atoms with van der Waals surface area (Å²) < 4.78 is 39.1. The molecule has 2 aliphatic heterocycles. The summed E-state index contributed by atoms with van der Waals surface area (Å²) in [7, 11) is 0. The van der Waals surface area contributed by atoms with E-state index in [9.17, 15) is 23.8 Å². The lowest BCUT2D eigenvalue weighted by Gasteiger charge is -2.42. The largest absolute Gasteiger partial charge is 0.490 e. The molecule has 1 saturated heterocycles. The third-order valence-electron chi connectivity index (χ3n) is 5.40. The molecule has 2 aromatic rings. The highest BCUT2D eigenvalue weighted by Gasteiger charge is 2.43. The lowest BCUT2D eigenvalue weighted by Crippen LogP contribution is -2.58. The van der Waals surface area contributed by atoms with Gasteiger partial charge in [0.25, 0.3) is 0 Å². The van der Waals surface area contributed by atoms with Gasteiger partial charge >= 0.3 is 6.09 Å². The number of hydrogen-bond donors (Lipinski definition) is 3. The van der Waals surface area contributed by atoms with Crippen molar-refractivity contribution < 1.29 is 33.3 Å². The van der Waals surface area contributed by atoms with Crippen molar-refractivity contribution in [1.82, 2.24) is 0 Å². The Morgan fingerprint density at radius 2 is 2.00 bits per heavy atom. The van der Waals surface area contributed by atoms with E-state index in [2.05, 4.69) is 5.32 Å². The maximum Gasteiger partial charge on any atom is 0.412 e. The molecule has 0 spiro atoms. The molecule has 0 saturated carbocycles. The van der Waals surface area contributed by atoms with Crippen LogP contribution in [0.2, 0.25) is 10.0 Å². The van der Waals surface area contributed by atoms with Crippen molar-refractivity contribution in [2.24, 2.45) is 0 Å². The number of amides is 1. The number of carbonyl (C=O) groups excluding carboxylic acids is 1. The quantitative estimate of drug-likeness (QED) is 0.625. The number of rotatable bonds is 4. The predicted octanol–water partition coefficient (Wildman–Crippen LogP) is 3.71. The summed E-state index contributed by atoms with van der Waals surface area (Å²) in [6, 6.07) is 5.06. The van der Waals surface area contributed by atoms with Crippen molar-refractivity contribution in [3.8, 4) is 5.75 Å². The van der Waals surface area contributed by atoms with Crippen molar-refractivity contribution in [3.05, 3.63) is 51.5 Å². The highest BCUT2D eigenvalue weighted by atomic mass is 35.5. The molecule has 0 radical (unpaired) electrons. The molecule has 4 rings (SSSR count). The monoisotopic (exact) mass is 474 g/mol. The van der Waals surface area contributed by atoms with Crippen molar-refractivity contribution in [1.29, 1.82) is 0 Å². The van der Waals surface area contributed by atoms with Gasteiger partial charge in [-0.15, -0.1) is 0 Å². The SMILES string of the molecule is O=C1Nc2c(Cl)ccc(OC[C@]3(O)CCN(c4c(F)cc(Cl)cc4F)C[C@H]3O)c2CO1. The first kappa shape index (κ1) is 21.9. The molecule has 7 nitrogen and oxygen atoms in total. The smallest absolute Gasteiger partial charge is 0.412 e. The Kier molecular flexibility index (Phi) is 5.87. The fourth-order valence-corrected chi connectivity index (χ4v) is 4.08. The molecular weight excluding hydrogens is 457 g/mol. The molecule has 31 heavy (non-hydrogen) atoms. The first-order chi connectivity index (χ1) is 14.7. The van der Waals surface area contributed by atoms with E-state index in [4.69, 9.17) is 32.7 Å². The summed E-state index contributed by atoms with van der Waals surface area (Å²) in [5, 5.41) is 24.2. The lowest BCUT2D eigenvalue weighted by molar-refractivity contribution is -0.109. The average molecular weight is 475 g/mol. The number of anilines is 2. The minimum atomic E-state index is -1.67. The molecule has 0 aromatic heterocycles. The lowest BCUT2D eigenvalue weighted by atomic mass is 9.89. The van der Waals surface area contributed by atoms with E-state index < -0.39 is 29.4 Å². The Morgan fingerprint density at radius 1 is 1.29 bits per heavy atom. The van der Waals surface area contributed by atoms with Gasteiger partial charge in [0.15, 0.2) is 11.6 Å². The third kappa shape index (κ3) is 4.23. The first-order valence-corrected chi connectivity index (χ1v) is 10.1. The summed E-state index contributed by atoms with van der Waals surface area (Å²) >= 11 is 11.8. The molecule has 0 unspecified atom stereocenters. The molecule has 0 bridgehead atoms. The number of nitrogens with zero attached hydrogens (tertiary/aromatic N) is 1. The molecule has 2 aromatic carbocycles. The number of hydrogen-bond acceptors (Lipinski definition) is 6. The number of ether oxygens (including phenoxy) is 2. The minimum Gasteiger partial charge on any atom is -0.490 e. The molecule has 2 aliphatic rings. The van der Waals surface area contributed by atoms with E-state index in [1.165, 1.54) is 11.0 Å². The number of nitrogens with one attached hydrogen (secondary N) is 1. The van der Waals surface area contributed by atoms with Crippen LogP contribution in [0.5, 0.6) is 5.75 Å². The Balaban J connectivity index is 1.48. The summed E-state index contributed by atoms with van der Waals surface area (Å²) in [5.41, 5.74) is -1.13. The second kappa shape index (κ2) is 8.31. The van der Waals surface area contributed by atoms with E-state index in [0.29, 0.717) is 22.0 Å². The molecule has 1 amide bonds. The fourth-order valence-electron chi connectivity index (χ4n) is 3.67. The second-order valence-corrected chi connectivity index (χ2v) is 8.27. The zero-order valence-electron chi connectivity index (χ0n) is 16.0. The number of cyclic esters (lactones) is 1. The number of halogens is 4. The van der Waals surface area contributed by atoms with E-state index in [1.807, 2.05) is 0 Å². The highest BCUT2D eigenvalue weighted by molar-refractivity contribution is 6.34. The number of benzene rings is 2. The summed E-state index contributed by atoms with van der Waals surface area (Å²) in [6.45, 7) is -0.506. The van der Waals surface area contributed by atoms with Crippen LogP contribution in [0.15, 0.2) is 24.3 Å². The number of aliphatic hydroxyl groups excluding tert-OH is 1. The van der Waals surface area contributed by atoms with Gasteiger partial charge in [-0.1, -0.05) is 23.2 Å². The zero-order valence-corrected chi connectivity index (χ0v) is 17.5. The normalized spacial score (nSPS) is 23.1. The van der Waals surface area contributed by atoms with Crippen LogP contribution >= 0.6 is 23.2 Å². The van der Waals surface area contributed by atoms with Crippen molar-refractivity contribution in [2.45, 2.75) is 24.7 Å². The van der Waals surface area contributed by atoms with Gasteiger partial charge in [-0.2, -0.15) is 0 Å². The topological polar surface area (TPSA) is 91.3 Å². The molecule has 11 heteroatoms. The van der Waals surface area contributed by atoms with Gasteiger partial charge in [0.2, 0.25) is 0 Å². The predicted molar refractivity (Wildman–Crippen MR) is 110 cm³/mol. The summed E-state index contributed by atoms with van der Waals surface area (Å²) in [5.74, 6) is -1.39. The maximum atomic E-state index is 14.2. The van der Waals surface area contributed by atoms with Gasteiger partial charge < -0.3 is 24.6 Å². The van der Waals surface area contributed by atoms with Crippen molar-refractivity contribution >= 4 is 40.7 Å². The molecule has 2 heterocycles. The van der Waals surface area contributed by atoms with Crippen LogP contribution in [0.25, 0.3) is 0 Å². The van der Waals surface area contributed by atoms with E-state index >= 15 is 0 Å². The second-order valence-electron chi connectivity index (χ2n) is 7.42. The van der Waals surface area contributed by atoms with Crippen molar-refractivity contribution in [2.75, 3.05) is 29.9 Å². The standard InChI is InChI=1S/C20H18Cl2F2N2O5/c21-10-5-13(23)18(14(24)6-10)26-4-3-20(29,16(27)7-26)9-31-15-2-1-12(22)17-11(15)8-30-19(28)25-17/h1-2,5-6,16,27,29H,3-4,7-9H2,(H,25,28)/t16-,20-/m1/s1. The Bertz CT molecular complexity index is 1020. The van der Waals surface area contributed by atoms with Gasteiger partial charge in [-0.25, -0.2) is 13.6 Å². The van der Waals surface area contributed by atoms with Crippen LogP contribution in [-0.2, 0) is 11.3 Å². The number of piperidine rings is 1. The van der Waals surface area contributed by atoms with Crippen LogP contribution < -0.4 is 15.0 Å². The molecule has 0 aliphatic carbocycles. The van der Waals surface area contributed by atoms with Crippen LogP contribution in [0.3, 0.4) is 0 Å². The van der Waals surface area contributed by atoms with Crippen LogP contribution in [0.1, 0.15) is 12.0 Å². The Hall–Kier alpha value is -2.33. The Labute approximate surface area is 186 Å².